The van der Waals surface area contributed by atoms with Crippen LogP contribution in [0.3, 0.4) is 0 Å². The van der Waals surface area contributed by atoms with E-state index in [4.69, 9.17) is 0 Å². The molecule has 9 heteroatoms. The number of rotatable bonds is 6. The number of hydrogen-bond acceptors (Lipinski definition) is 7. The predicted octanol–water partition coefficient (Wildman–Crippen LogP) is 3.86. The Balaban J connectivity index is 1.76. The highest BCUT2D eigenvalue weighted by atomic mass is 32.2. The molecule has 0 saturated carbocycles. The first-order chi connectivity index (χ1) is 12.3. The summed E-state index contributed by atoms with van der Waals surface area (Å²) in [4.78, 5) is 20.9. The standard InChI is InChI=1S/C17H19N3O3S3/c1-4-20(5-2)17-19-16-14(25-17)10-13(24-16)15(21)18-11-6-8-12(9-7-11)26(3,22)23/h6-10H,4-5H2,1-3H3,(H,18,21). The van der Waals surface area contributed by atoms with E-state index < -0.39 is 9.84 Å². The molecule has 1 amide bonds. The number of thiazole rings is 1. The number of fused-ring (bicyclic) bond motifs is 1. The summed E-state index contributed by atoms with van der Waals surface area (Å²) in [5, 5.41) is 3.76. The number of nitrogens with one attached hydrogen (secondary N) is 1. The maximum absolute atomic E-state index is 12.4. The second-order valence-corrected chi connectivity index (χ2v) is 9.75. The van der Waals surface area contributed by atoms with E-state index in [2.05, 4.69) is 29.0 Å². The van der Waals surface area contributed by atoms with Crippen LogP contribution in [0, 0.1) is 0 Å². The molecule has 0 atom stereocenters. The van der Waals surface area contributed by atoms with E-state index in [0.717, 1.165) is 34.0 Å². The van der Waals surface area contributed by atoms with Gasteiger partial charge in [-0.25, -0.2) is 13.4 Å². The molecule has 138 valence electrons. The zero-order valence-corrected chi connectivity index (χ0v) is 17.1. The molecule has 0 aliphatic rings. The molecular formula is C17H19N3O3S3. The van der Waals surface area contributed by atoms with Gasteiger partial charge in [-0.3, -0.25) is 4.79 Å². The number of hydrogen-bond donors (Lipinski definition) is 1. The van der Waals surface area contributed by atoms with Gasteiger partial charge in [0, 0.05) is 25.0 Å². The van der Waals surface area contributed by atoms with Gasteiger partial charge in [-0.2, -0.15) is 0 Å². The average Bonchev–Trinajstić information content (AvgIpc) is 3.15. The Morgan fingerprint density at radius 1 is 1.15 bits per heavy atom. The van der Waals surface area contributed by atoms with Crippen LogP contribution in [0.25, 0.3) is 9.53 Å². The summed E-state index contributed by atoms with van der Waals surface area (Å²) < 4.78 is 24.0. The molecule has 2 heterocycles. The fourth-order valence-corrected chi connectivity index (χ4v) is 5.31. The van der Waals surface area contributed by atoms with E-state index >= 15 is 0 Å². The topological polar surface area (TPSA) is 79.4 Å². The zero-order chi connectivity index (χ0) is 18.9. The molecule has 3 aromatic rings. The smallest absolute Gasteiger partial charge is 0.265 e. The van der Waals surface area contributed by atoms with Crippen LogP contribution in [0.5, 0.6) is 0 Å². The minimum absolute atomic E-state index is 0.222. The van der Waals surface area contributed by atoms with Gasteiger partial charge in [-0.05, 0) is 44.2 Å². The number of carbonyl (C=O) groups excluding carboxylic acids is 1. The molecule has 6 nitrogen and oxygen atoms in total. The van der Waals surface area contributed by atoms with Crippen molar-refractivity contribution in [2.75, 3.05) is 29.6 Å². The first-order valence-corrected chi connectivity index (χ1v) is 11.6. The lowest BCUT2D eigenvalue weighted by Crippen LogP contribution is -2.21. The number of thiophene rings is 1. The van der Waals surface area contributed by atoms with Gasteiger partial charge in [0.1, 0.15) is 4.83 Å². The third kappa shape index (κ3) is 3.89. The fraction of sp³-hybridized carbons (Fsp3) is 0.294. The molecule has 0 bridgehead atoms. The first-order valence-electron chi connectivity index (χ1n) is 8.08. The van der Waals surface area contributed by atoms with Crippen LogP contribution in [0.4, 0.5) is 10.8 Å². The van der Waals surface area contributed by atoms with Crippen molar-refractivity contribution in [3.05, 3.63) is 35.2 Å². The van der Waals surface area contributed by atoms with Crippen LogP contribution in [-0.2, 0) is 9.84 Å². The molecule has 0 unspecified atom stereocenters. The van der Waals surface area contributed by atoms with Gasteiger partial charge in [0.15, 0.2) is 15.0 Å². The molecule has 1 aromatic carbocycles. The number of aromatic nitrogens is 1. The van der Waals surface area contributed by atoms with E-state index in [1.807, 2.05) is 6.07 Å². The van der Waals surface area contributed by atoms with Crippen LogP contribution in [0.1, 0.15) is 23.5 Å². The number of carbonyl (C=O) groups is 1. The minimum Gasteiger partial charge on any atom is -0.349 e. The van der Waals surface area contributed by atoms with E-state index in [1.165, 1.54) is 23.5 Å². The number of benzene rings is 1. The Kier molecular flexibility index (Phi) is 5.31. The van der Waals surface area contributed by atoms with Crippen molar-refractivity contribution in [2.24, 2.45) is 0 Å². The Morgan fingerprint density at radius 2 is 1.81 bits per heavy atom. The maximum Gasteiger partial charge on any atom is 0.265 e. The minimum atomic E-state index is -3.25. The lowest BCUT2D eigenvalue weighted by molar-refractivity contribution is 0.103. The lowest BCUT2D eigenvalue weighted by Gasteiger charge is -2.16. The molecule has 1 N–H and O–H groups in total. The molecule has 0 radical (unpaired) electrons. The van der Waals surface area contributed by atoms with E-state index in [-0.39, 0.29) is 10.8 Å². The Hall–Kier alpha value is -1.97. The van der Waals surface area contributed by atoms with Gasteiger partial charge in [-0.1, -0.05) is 11.3 Å². The number of anilines is 2. The largest absolute Gasteiger partial charge is 0.349 e. The van der Waals surface area contributed by atoms with E-state index in [1.54, 1.807) is 23.5 Å². The van der Waals surface area contributed by atoms with Crippen LogP contribution in [0.2, 0.25) is 0 Å². The quantitative estimate of drug-likeness (QED) is 0.669. The number of sulfone groups is 1. The third-order valence-corrected chi connectivity index (χ3v) is 7.22. The zero-order valence-electron chi connectivity index (χ0n) is 14.6. The molecular weight excluding hydrogens is 390 g/mol. The highest BCUT2D eigenvalue weighted by molar-refractivity contribution is 7.90. The van der Waals surface area contributed by atoms with Gasteiger partial charge in [0.25, 0.3) is 5.91 Å². The van der Waals surface area contributed by atoms with Crippen molar-refractivity contribution in [1.82, 2.24) is 4.98 Å². The monoisotopic (exact) mass is 409 g/mol. The summed E-state index contributed by atoms with van der Waals surface area (Å²) in [6, 6.07) is 7.98. The van der Waals surface area contributed by atoms with E-state index in [0.29, 0.717) is 10.6 Å². The Morgan fingerprint density at radius 3 is 2.35 bits per heavy atom. The van der Waals surface area contributed by atoms with Crippen molar-refractivity contribution < 1.29 is 13.2 Å². The summed E-state index contributed by atoms with van der Waals surface area (Å²) in [6.07, 6.45) is 1.15. The SMILES string of the molecule is CCN(CC)c1nc2sc(C(=O)Nc3ccc(S(C)(=O)=O)cc3)cc2s1. The van der Waals surface area contributed by atoms with Crippen molar-refractivity contribution in [3.63, 3.8) is 0 Å². The van der Waals surface area contributed by atoms with Crippen molar-refractivity contribution >= 4 is 58.8 Å². The van der Waals surface area contributed by atoms with Crippen molar-refractivity contribution in [3.8, 4) is 0 Å². The van der Waals surface area contributed by atoms with Crippen LogP contribution in [0.15, 0.2) is 35.2 Å². The molecule has 26 heavy (non-hydrogen) atoms. The summed E-state index contributed by atoms with van der Waals surface area (Å²) in [5.74, 6) is -0.225. The molecule has 2 aromatic heterocycles. The second kappa shape index (κ2) is 7.34. The molecule has 0 saturated heterocycles. The number of nitrogens with zero attached hydrogens (tertiary/aromatic N) is 2. The van der Waals surface area contributed by atoms with Crippen LogP contribution < -0.4 is 10.2 Å². The van der Waals surface area contributed by atoms with Gasteiger partial charge < -0.3 is 10.2 Å². The van der Waals surface area contributed by atoms with Crippen LogP contribution in [-0.4, -0.2) is 38.7 Å². The number of amides is 1. The van der Waals surface area contributed by atoms with Gasteiger partial charge in [0.2, 0.25) is 0 Å². The highest BCUT2D eigenvalue weighted by Gasteiger charge is 2.16. The predicted molar refractivity (Wildman–Crippen MR) is 109 cm³/mol. The van der Waals surface area contributed by atoms with Gasteiger partial charge >= 0.3 is 0 Å². The fourth-order valence-electron chi connectivity index (χ4n) is 2.44. The Labute approximate surface area is 160 Å². The second-order valence-electron chi connectivity index (χ2n) is 5.70. The normalized spacial score (nSPS) is 11.7. The first kappa shape index (κ1) is 18.8. The van der Waals surface area contributed by atoms with Gasteiger partial charge in [0.05, 0.1) is 14.5 Å². The van der Waals surface area contributed by atoms with E-state index in [9.17, 15) is 13.2 Å². The van der Waals surface area contributed by atoms with Crippen molar-refractivity contribution in [2.45, 2.75) is 18.7 Å². The van der Waals surface area contributed by atoms with Gasteiger partial charge in [-0.15, -0.1) is 11.3 Å². The van der Waals surface area contributed by atoms with Crippen molar-refractivity contribution in [1.29, 1.82) is 0 Å². The molecule has 3 rings (SSSR count). The molecule has 0 fully saturated rings. The lowest BCUT2D eigenvalue weighted by atomic mass is 10.3. The summed E-state index contributed by atoms with van der Waals surface area (Å²) in [7, 11) is -3.25. The van der Waals surface area contributed by atoms with Crippen LogP contribution >= 0.6 is 22.7 Å². The Bertz CT molecular complexity index is 1000. The summed E-state index contributed by atoms with van der Waals surface area (Å²) >= 11 is 2.94. The molecule has 0 spiro atoms. The summed E-state index contributed by atoms with van der Waals surface area (Å²) in [6.45, 7) is 5.97. The highest BCUT2D eigenvalue weighted by Crippen LogP contribution is 2.34. The summed E-state index contributed by atoms with van der Waals surface area (Å²) in [5.41, 5.74) is 0.552. The molecule has 0 aliphatic heterocycles. The maximum atomic E-state index is 12.4. The molecule has 0 aliphatic carbocycles. The average molecular weight is 410 g/mol. The third-order valence-electron chi connectivity index (χ3n) is 3.88.